The first-order chi connectivity index (χ1) is 18.0. The van der Waals surface area contributed by atoms with Gasteiger partial charge in [0.1, 0.15) is 10.4 Å². The number of rotatable bonds is 5. The predicted molar refractivity (Wildman–Crippen MR) is 134 cm³/mol. The Morgan fingerprint density at radius 3 is 2.61 bits per heavy atom. The van der Waals surface area contributed by atoms with Gasteiger partial charge in [0.05, 0.1) is 40.5 Å². The highest BCUT2D eigenvalue weighted by molar-refractivity contribution is 7.91. The minimum absolute atomic E-state index is 0.00772. The third kappa shape index (κ3) is 4.50. The maximum Gasteiger partial charge on any atom is 0.420 e. The standard InChI is InChI=1S/C24H22F3N5O4S2/c25-24(26,27)16-9-29-23(30-17-4-3-13(28)7-15(17)12-1-2-12)31-20(16)18-8-19-21(37-18)22(33)32(14-10-36-11-14)5-6-38(19,34)35/h3-4,7-9,12,14H,1-2,5-6,10-11,28H2,(H,29,30,31). The number of fused-ring (bicyclic) bond motifs is 1. The van der Waals surface area contributed by atoms with Crippen molar-refractivity contribution < 1.29 is 31.1 Å². The number of hydrogen-bond acceptors (Lipinski definition) is 9. The van der Waals surface area contributed by atoms with Crippen molar-refractivity contribution in [2.24, 2.45) is 0 Å². The molecule has 1 amide bonds. The smallest absolute Gasteiger partial charge is 0.399 e. The molecule has 4 heterocycles. The van der Waals surface area contributed by atoms with E-state index in [1.807, 2.05) is 6.07 Å². The summed E-state index contributed by atoms with van der Waals surface area (Å²) in [7, 11) is -3.91. The van der Waals surface area contributed by atoms with E-state index < -0.39 is 33.2 Å². The zero-order valence-electron chi connectivity index (χ0n) is 19.8. The summed E-state index contributed by atoms with van der Waals surface area (Å²) in [5, 5.41) is 3.00. The highest BCUT2D eigenvalue weighted by Crippen LogP contribution is 2.45. The molecular formula is C24H22F3N5O4S2. The molecule has 3 aliphatic rings. The maximum atomic E-state index is 14.0. The van der Waals surface area contributed by atoms with Gasteiger partial charge in [-0.05, 0) is 48.6 Å². The van der Waals surface area contributed by atoms with E-state index in [1.165, 1.54) is 4.90 Å². The topological polar surface area (TPSA) is 128 Å². The lowest BCUT2D eigenvalue weighted by Crippen LogP contribution is -2.52. The summed E-state index contributed by atoms with van der Waals surface area (Å²) in [6.07, 6.45) is -2.19. The van der Waals surface area contributed by atoms with Gasteiger partial charge in [0.25, 0.3) is 5.91 Å². The zero-order valence-corrected chi connectivity index (χ0v) is 21.4. The molecule has 2 aromatic heterocycles. The van der Waals surface area contributed by atoms with Crippen molar-refractivity contribution in [3.63, 3.8) is 0 Å². The highest BCUT2D eigenvalue weighted by atomic mass is 32.2. The van der Waals surface area contributed by atoms with E-state index in [2.05, 4.69) is 15.3 Å². The van der Waals surface area contributed by atoms with Crippen LogP contribution in [0.4, 0.5) is 30.5 Å². The molecule has 1 aliphatic carbocycles. The van der Waals surface area contributed by atoms with Gasteiger partial charge in [-0.2, -0.15) is 13.2 Å². The highest BCUT2D eigenvalue weighted by Gasteiger charge is 2.41. The number of sulfone groups is 1. The van der Waals surface area contributed by atoms with Crippen LogP contribution in [0, 0.1) is 0 Å². The Morgan fingerprint density at radius 2 is 1.95 bits per heavy atom. The molecule has 200 valence electrons. The molecule has 1 saturated heterocycles. The summed E-state index contributed by atoms with van der Waals surface area (Å²) in [5.74, 6) is -0.668. The number of carbonyl (C=O) groups is 1. The molecule has 6 rings (SSSR count). The Bertz CT molecular complexity index is 1550. The van der Waals surface area contributed by atoms with Gasteiger partial charge in [0.2, 0.25) is 5.95 Å². The van der Waals surface area contributed by atoms with Crippen LogP contribution in [-0.2, 0) is 20.8 Å². The molecule has 0 atom stereocenters. The van der Waals surface area contributed by atoms with Crippen molar-refractivity contribution in [1.82, 2.24) is 14.9 Å². The quantitative estimate of drug-likeness (QED) is 0.444. The molecule has 1 saturated carbocycles. The predicted octanol–water partition coefficient (Wildman–Crippen LogP) is 4.06. The van der Waals surface area contributed by atoms with Crippen LogP contribution in [0.15, 0.2) is 35.4 Å². The molecule has 2 fully saturated rings. The maximum absolute atomic E-state index is 14.0. The van der Waals surface area contributed by atoms with Crippen LogP contribution in [0.5, 0.6) is 0 Å². The number of amides is 1. The van der Waals surface area contributed by atoms with E-state index in [1.54, 1.807) is 12.1 Å². The molecule has 0 unspecified atom stereocenters. The summed E-state index contributed by atoms with van der Waals surface area (Å²) in [6.45, 7) is 0.561. The molecule has 0 spiro atoms. The molecular weight excluding hydrogens is 543 g/mol. The Hall–Kier alpha value is -3.23. The first-order valence-electron chi connectivity index (χ1n) is 11.9. The number of thiophene rings is 1. The molecule has 0 bridgehead atoms. The van der Waals surface area contributed by atoms with E-state index in [-0.39, 0.29) is 52.2 Å². The second-order valence-electron chi connectivity index (χ2n) is 9.51. The summed E-state index contributed by atoms with van der Waals surface area (Å²) >= 11 is 0.687. The van der Waals surface area contributed by atoms with Gasteiger partial charge in [-0.15, -0.1) is 11.3 Å². The van der Waals surface area contributed by atoms with Crippen molar-refractivity contribution in [1.29, 1.82) is 0 Å². The Labute approximate surface area is 219 Å². The van der Waals surface area contributed by atoms with Gasteiger partial charge in [-0.1, -0.05) is 0 Å². The van der Waals surface area contributed by atoms with Crippen molar-refractivity contribution >= 4 is 44.4 Å². The number of hydrogen-bond donors (Lipinski definition) is 2. The van der Waals surface area contributed by atoms with Crippen LogP contribution in [-0.4, -0.2) is 60.7 Å². The number of carbonyl (C=O) groups excluding carboxylic acids is 1. The summed E-state index contributed by atoms with van der Waals surface area (Å²) in [4.78, 5) is 22.3. The van der Waals surface area contributed by atoms with Crippen LogP contribution in [0.3, 0.4) is 0 Å². The van der Waals surface area contributed by atoms with Crippen LogP contribution in [0.1, 0.15) is 39.6 Å². The number of nitrogens with two attached hydrogens (primary N) is 1. The minimum atomic E-state index is -4.81. The van der Waals surface area contributed by atoms with Gasteiger partial charge in [-0.3, -0.25) is 4.79 Å². The van der Waals surface area contributed by atoms with Gasteiger partial charge < -0.3 is 20.7 Å². The van der Waals surface area contributed by atoms with Crippen LogP contribution in [0.25, 0.3) is 10.6 Å². The lowest BCUT2D eigenvalue weighted by atomic mass is 10.1. The molecule has 38 heavy (non-hydrogen) atoms. The second-order valence-corrected chi connectivity index (χ2v) is 12.6. The minimum Gasteiger partial charge on any atom is -0.399 e. The third-order valence-electron chi connectivity index (χ3n) is 6.82. The number of halogens is 3. The Morgan fingerprint density at radius 1 is 1.18 bits per heavy atom. The van der Waals surface area contributed by atoms with Gasteiger partial charge in [-0.25, -0.2) is 18.4 Å². The first kappa shape index (κ1) is 25.1. The normalized spacial score (nSPS) is 19.6. The van der Waals surface area contributed by atoms with Crippen molar-refractivity contribution in [2.75, 3.05) is 36.6 Å². The van der Waals surface area contributed by atoms with E-state index in [4.69, 9.17) is 10.5 Å². The van der Waals surface area contributed by atoms with E-state index in [9.17, 15) is 26.4 Å². The zero-order chi connectivity index (χ0) is 26.8. The molecule has 9 nitrogen and oxygen atoms in total. The molecule has 2 aliphatic heterocycles. The largest absolute Gasteiger partial charge is 0.420 e. The van der Waals surface area contributed by atoms with Crippen molar-refractivity contribution in [3.8, 4) is 10.6 Å². The van der Waals surface area contributed by atoms with E-state index in [0.717, 1.165) is 24.5 Å². The number of ether oxygens (including phenoxy) is 1. The lowest BCUT2D eigenvalue weighted by molar-refractivity contribution is -0.137. The average Bonchev–Trinajstić information content (AvgIpc) is 3.58. The van der Waals surface area contributed by atoms with Crippen LogP contribution in [0.2, 0.25) is 0 Å². The van der Waals surface area contributed by atoms with E-state index >= 15 is 0 Å². The fraction of sp³-hybridized carbons (Fsp3) is 0.375. The fourth-order valence-corrected chi connectivity index (χ4v) is 7.49. The van der Waals surface area contributed by atoms with Crippen molar-refractivity contribution in [3.05, 3.63) is 46.5 Å². The fourth-order valence-electron chi connectivity index (χ4n) is 4.57. The van der Waals surface area contributed by atoms with Crippen molar-refractivity contribution in [2.45, 2.75) is 35.9 Å². The average molecular weight is 566 g/mol. The summed E-state index contributed by atoms with van der Waals surface area (Å²) in [6, 6.07) is 6.06. The Kier molecular flexibility index (Phi) is 5.88. The third-order valence-corrected chi connectivity index (χ3v) is 9.79. The number of anilines is 3. The number of nitrogen functional groups attached to an aromatic ring is 1. The SMILES string of the molecule is Nc1ccc(Nc2ncc(C(F)(F)F)c(-c3cc4c(s3)C(=O)N(C3COC3)CCS4(=O)=O)n2)c(C2CC2)c1. The summed E-state index contributed by atoms with van der Waals surface area (Å²) in [5.41, 5.74) is 6.41. The number of aromatic nitrogens is 2. The van der Waals surface area contributed by atoms with Crippen LogP contribution >= 0.6 is 11.3 Å². The molecule has 3 N–H and O–H groups in total. The van der Waals surface area contributed by atoms with E-state index in [0.29, 0.717) is 34.8 Å². The van der Waals surface area contributed by atoms with Gasteiger partial charge in [0, 0.05) is 24.1 Å². The number of nitrogens with zero attached hydrogens (tertiary/aromatic N) is 3. The van der Waals surface area contributed by atoms with Crippen LogP contribution < -0.4 is 11.1 Å². The lowest BCUT2D eigenvalue weighted by Gasteiger charge is -2.36. The molecule has 3 aromatic rings. The molecule has 0 radical (unpaired) electrons. The number of benzene rings is 1. The number of nitrogens with one attached hydrogen (secondary N) is 1. The monoisotopic (exact) mass is 565 g/mol. The Balaban J connectivity index is 1.43. The van der Waals surface area contributed by atoms with Gasteiger partial charge >= 0.3 is 6.18 Å². The second kappa shape index (κ2) is 8.92. The molecule has 14 heteroatoms. The number of alkyl halides is 3. The van der Waals surface area contributed by atoms with Gasteiger partial charge in [0.15, 0.2) is 9.84 Å². The summed E-state index contributed by atoms with van der Waals surface area (Å²) < 4.78 is 73.1. The molecule has 1 aromatic carbocycles. The first-order valence-corrected chi connectivity index (χ1v) is 14.3.